The third-order valence-corrected chi connectivity index (χ3v) is 4.00. The topological polar surface area (TPSA) is 58.4 Å². The summed E-state index contributed by atoms with van der Waals surface area (Å²) in [6, 6.07) is 0.564. The Morgan fingerprint density at radius 1 is 1.53 bits per heavy atom. The normalized spacial score (nSPS) is 18.2. The Morgan fingerprint density at radius 2 is 2.12 bits per heavy atom. The minimum Gasteiger partial charge on any atom is -0.353 e. The van der Waals surface area contributed by atoms with Crippen LogP contribution in [0.2, 0.25) is 0 Å². The summed E-state index contributed by atoms with van der Waals surface area (Å²) >= 11 is 0. The van der Waals surface area contributed by atoms with Crippen LogP contribution < -0.4 is 11.1 Å². The fourth-order valence-electron chi connectivity index (χ4n) is 1.85. The predicted octanol–water partition coefficient (Wildman–Crippen LogP) is 1.10. The van der Waals surface area contributed by atoms with Crippen LogP contribution in [0.3, 0.4) is 0 Å². The quantitative estimate of drug-likeness (QED) is 0.702. The van der Waals surface area contributed by atoms with Crippen molar-refractivity contribution in [2.75, 3.05) is 13.6 Å². The number of carbonyl (C=O) groups excluding carboxylic acids is 1. The average Bonchev–Trinajstić information content (AvgIpc) is 3.08. The Morgan fingerprint density at radius 3 is 2.53 bits per heavy atom. The van der Waals surface area contributed by atoms with Gasteiger partial charge in [0.2, 0.25) is 5.91 Å². The van der Waals surface area contributed by atoms with Crippen LogP contribution in [0.1, 0.15) is 46.5 Å². The smallest absolute Gasteiger partial charge is 0.221 e. The maximum Gasteiger partial charge on any atom is 0.221 e. The number of nitrogens with zero attached hydrogens (tertiary/aromatic N) is 1. The number of hydrogen-bond donors (Lipinski definition) is 2. The zero-order chi connectivity index (χ0) is 13.1. The molecule has 1 rings (SSSR count). The Kier molecular flexibility index (Phi) is 4.95. The molecule has 1 fully saturated rings. The van der Waals surface area contributed by atoms with E-state index in [0.717, 1.165) is 19.3 Å². The standard InChI is InChI=1S/C13H27N3O/c1-5-13(2,3)16(4)11(9-14)8-12(17)15-10-6-7-10/h10-11H,5-9,14H2,1-4H3,(H,15,17). The first-order chi connectivity index (χ1) is 7.90. The first-order valence-electron chi connectivity index (χ1n) is 6.63. The molecule has 1 aliphatic carbocycles. The number of hydrogen-bond acceptors (Lipinski definition) is 3. The second-order valence-electron chi connectivity index (χ2n) is 5.71. The molecule has 3 N–H and O–H groups in total. The summed E-state index contributed by atoms with van der Waals surface area (Å²) in [5, 5.41) is 3.02. The Hall–Kier alpha value is -0.610. The van der Waals surface area contributed by atoms with Gasteiger partial charge in [0.05, 0.1) is 0 Å². The number of nitrogens with two attached hydrogens (primary N) is 1. The van der Waals surface area contributed by atoms with E-state index in [1.807, 2.05) is 0 Å². The molecule has 0 spiro atoms. The van der Waals surface area contributed by atoms with E-state index in [9.17, 15) is 4.79 Å². The second-order valence-corrected chi connectivity index (χ2v) is 5.71. The largest absolute Gasteiger partial charge is 0.353 e. The number of amides is 1. The van der Waals surface area contributed by atoms with Gasteiger partial charge < -0.3 is 11.1 Å². The first kappa shape index (κ1) is 14.5. The van der Waals surface area contributed by atoms with Gasteiger partial charge in [0, 0.05) is 30.6 Å². The molecule has 17 heavy (non-hydrogen) atoms. The Balaban J connectivity index is 2.48. The van der Waals surface area contributed by atoms with Crippen LogP contribution in [0.15, 0.2) is 0 Å². The van der Waals surface area contributed by atoms with Crippen LogP contribution in [-0.4, -0.2) is 42.0 Å². The van der Waals surface area contributed by atoms with E-state index in [1.165, 1.54) is 0 Å². The van der Waals surface area contributed by atoms with E-state index in [4.69, 9.17) is 5.73 Å². The van der Waals surface area contributed by atoms with Gasteiger partial charge in [0.25, 0.3) is 0 Å². The lowest BCUT2D eigenvalue weighted by Crippen LogP contribution is -2.51. The lowest BCUT2D eigenvalue weighted by atomic mass is 9.96. The molecule has 0 radical (unpaired) electrons. The van der Waals surface area contributed by atoms with E-state index in [2.05, 4.69) is 38.0 Å². The minimum absolute atomic E-state index is 0.0872. The summed E-state index contributed by atoms with van der Waals surface area (Å²) < 4.78 is 0. The fourth-order valence-corrected chi connectivity index (χ4v) is 1.85. The second kappa shape index (κ2) is 5.83. The third-order valence-electron chi connectivity index (χ3n) is 4.00. The molecule has 1 atom stereocenters. The molecule has 100 valence electrons. The molecule has 0 aromatic rings. The maximum absolute atomic E-state index is 11.8. The van der Waals surface area contributed by atoms with Crippen molar-refractivity contribution < 1.29 is 4.79 Å². The van der Waals surface area contributed by atoms with Gasteiger partial charge in [-0.05, 0) is 40.2 Å². The summed E-state index contributed by atoms with van der Waals surface area (Å²) in [6.07, 6.45) is 3.82. The number of likely N-dealkylation sites (N-methyl/N-ethyl adjacent to an activating group) is 1. The van der Waals surface area contributed by atoms with E-state index < -0.39 is 0 Å². The van der Waals surface area contributed by atoms with Crippen molar-refractivity contribution in [3.8, 4) is 0 Å². The summed E-state index contributed by atoms with van der Waals surface area (Å²) in [5.41, 5.74) is 5.89. The summed E-state index contributed by atoms with van der Waals surface area (Å²) in [4.78, 5) is 14.0. The van der Waals surface area contributed by atoms with Crippen molar-refractivity contribution in [2.24, 2.45) is 5.73 Å². The van der Waals surface area contributed by atoms with E-state index >= 15 is 0 Å². The van der Waals surface area contributed by atoms with E-state index in [-0.39, 0.29) is 17.5 Å². The lowest BCUT2D eigenvalue weighted by Gasteiger charge is -2.40. The van der Waals surface area contributed by atoms with Crippen molar-refractivity contribution in [3.05, 3.63) is 0 Å². The molecule has 4 heteroatoms. The number of nitrogens with one attached hydrogen (secondary N) is 1. The SMILES string of the molecule is CCC(C)(C)N(C)C(CN)CC(=O)NC1CC1. The van der Waals surface area contributed by atoms with Gasteiger partial charge >= 0.3 is 0 Å². The first-order valence-corrected chi connectivity index (χ1v) is 6.63. The van der Waals surface area contributed by atoms with Crippen molar-refractivity contribution in [1.82, 2.24) is 10.2 Å². The van der Waals surface area contributed by atoms with Gasteiger partial charge in [0.1, 0.15) is 0 Å². The van der Waals surface area contributed by atoms with Gasteiger partial charge in [-0.25, -0.2) is 0 Å². The molecule has 1 amide bonds. The van der Waals surface area contributed by atoms with E-state index in [1.54, 1.807) is 0 Å². The van der Waals surface area contributed by atoms with Crippen LogP contribution in [0, 0.1) is 0 Å². The van der Waals surface area contributed by atoms with Crippen LogP contribution in [-0.2, 0) is 4.79 Å². The fraction of sp³-hybridized carbons (Fsp3) is 0.923. The number of rotatable bonds is 7. The highest BCUT2D eigenvalue weighted by Crippen LogP contribution is 2.22. The molecule has 1 aliphatic rings. The molecule has 1 unspecified atom stereocenters. The zero-order valence-corrected chi connectivity index (χ0v) is 11.6. The lowest BCUT2D eigenvalue weighted by molar-refractivity contribution is -0.122. The molecule has 0 saturated heterocycles. The third kappa shape index (κ3) is 4.28. The Labute approximate surface area is 105 Å². The highest BCUT2D eigenvalue weighted by molar-refractivity contribution is 5.77. The highest BCUT2D eigenvalue weighted by Gasteiger charge is 2.30. The molecule has 0 aliphatic heterocycles. The average molecular weight is 241 g/mol. The molecule has 0 bridgehead atoms. The van der Waals surface area contributed by atoms with Gasteiger partial charge in [-0.1, -0.05) is 6.92 Å². The van der Waals surface area contributed by atoms with E-state index in [0.29, 0.717) is 19.0 Å². The molecule has 0 aromatic carbocycles. The predicted molar refractivity (Wildman–Crippen MR) is 70.8 cm³/mol. The molecular formula is C13H27N3O. The molecular weight excluding hydrogens is 214 g/mol. The highest BCUT2D eigenvalue weighted by atomic mass is 16.1. The maximum atomic E-state index is 11.8. The van der Waals surface area contributed by atoms with Gasteiger partial charge in [0.15, 0.2) is 0 Å². The minimum atomic E-state index is 0.0872. The van der Waals surface area contributed by atoms with Crippen molar-refractivity contribution >= 4 is 5.91 Å². The molecule has 0 aromatic heterocycles. The Bertz CT molecular complexity index is 261. The summed E-state index contributed by atoms with van der Waals surface area (Å²) in [5.74, 6) is 0.140. The monoisotopic (exact) mass is 241 g/mol. The van der Waals surface area contributed by atoms with Crippen LogP contribution >= 0.6 is 0 Å². The van der Waals surface area contributed by atoms with Crippen LogP contribution in [0.5, 0.6) is 0 Å². The van der Waals surface area contributed by atoms with Crippen molar-refractivity contribution in [1.29, 1.82) is 0 Å². The zero-order valence-electron chi connectivity index (χ0n) is 11.6. The van der Waals surface area contributed by atoms with Crippen molar-refractivity contribution in [2.45, 2.75) is 64.1 Å². The molecule has 0 heterocycles. The van der Waals surface area contributed by atoms with Crippen LogP contribution in [0.25, 0.3) is 0 Å². The van der Waals surface area contributed by atoms with Gasteiger partial charge in [-0.2, -0.15) is 0 Å². The number of carbonyl (C=O) groups is 1. The summed E-state index contributed by atoms with van der Waals surface area (Å²) in [6.45, 7) is 7.06. The van der Waals surface area contributed by atoms with Crippen LogP contribution in [0.4, 0.5) is 0 Å². The molecule has 4 nitrogen and oxygen atoms in total. The van der Waals surface area contributed by atoms with Gasteiger partial charge in [-0.3, -0.25) is 9.69 Å². The summed E-state index contributed by atoms with van der Waals surface area (Å²) in [7, 11) is 2.06. The molecule has 1 saturated carbocycles. The van der Waals surface area contributed by atoms with Crippen molar-refractivity contribution in [3.63, 3.8) is 0 Å². The van der Waals surface area contributed by atoms with Gasteiger partial charge in [-0.15, -0.1) is 0 Å².